The first-order chi connectivity index (χ1) is 9.02. The second-order valence-electron chi connectivity index (χ2n) is 4.62. The van der Waals surface area contributed by atoms with E-state index in [1.807, 2.05) is 38.1 Å². The van der Waals surface area contributed by atoms with Crippen molar-refractivity contribution < 1.29 is 4.79 Å². The lowest BCUT2D eigenvalue weighted by Gasteiger charge is -2.05. The monoisotopic (exact) mass is 320 g/mol. The highest BCUT2D eigenvalue weighted by molar-refractivity contribution is 9.10. The van der Waals surface area contributed by atoms with E-state index < -0.39 is 0 Å². The van der Waals surface area contributed by atoms with Gasteiger partial charge in [0.2, 0.25) is 0 Å². The fourth-order valence-electron chi connectivity index (χ4n) is 1.98. The number of carbonyl (C=O) groups is 1. The number of rotatable bonds is 4. The molecule has 1 aromatic carbocycles. The molecule has 0 bridgehead atoms. The molecule has 0 N–H and O–H groups in total. The standard InChI is InChI=1S/C15H17BrN2O/c1-4-12-5-7-13(8-6-12)14(19)9-18-11(3)15(16)10(2)17-18/h5-8H,4,9H2,1-3H3. The Morgan fingerprint density at radius 1 is 1.26 bits per heavy atom. The van der Waals surface area contributed by atoms with E-state index in [0.29, 0.717) is 0 Å². The van der Waals surface area contributed by atoms with Crippen molar-refractivity contribution in [2.45, 2.75) is 33.7 Å². The minimum Gasteiger partial charge on any atom is -0.292 e. The molecule has 0 spiro atoms. The molecule has 4 heteroatoms. The second-order valence-corrected chi connectivity index (χ2v) is 5.41. The van der Waals surface area contributed by atoms with Crippen LogP contribution in [0.1, 0.15) is 34.2 Å². The van der Waals surface area contributed by atoms with Crippen molar-refractivity contribution in [1.82, 2.24) is 9.78 Å². The third-order valence-corrected chi connectivity index (χ3v) is 4.42. The molecular formula is C15H17BrN2O. The van der Waals surface area contributed by atoms with Gasteiger partial charge in [0.25, 0.3) is 0 Å². The van der Waals surface area contributed by atoms with E-state index >= 15 is 0 Å². The molecule has 0 fully saturated rings. The van der Waals surface area contributed by atoms with Gasteiger partial charge in [-0.25, -0.2) is 0 Å². The molecule has 0 aliphatic rings. The predicted octanol–water partition coefficient (Wildman–Crippen LogP) is 3.71. The SMILES string of the molecule is CCc1ccc(C(=O)Cn2nc(C)c(Br)c2C)cc1. The Morgan fingerprint density at radius 3 is 2.37 bits per heavy atom. The topological polar surface area (TPSA) is 34.9 Å². The van der Waals surface area contributed by atoms with Gasteiger partial charge >= 0.3 is 0 Å². The molecule has 0 aliphatic carbocycles. The van der Waals surface area contributed by atoms with Crippen molar-refractivity contribution in [2.75, 3.05) is 0 Å². The maximum atomic E-state index is 12.2. The minimum absolute atomic E-state index is 0.0840. The van der Waals surface area contributed by atoms with Crippen molar-refractivity contribution in [3.05, 3.63) is 51.3 Å². The Hall–Kier alpha value is -1.42. The summed E-state index contributed by atoms with van der Waals surface area (Å²) in [5, 5.41) is 4.36. The first kappa shape index (κ1) is 14.0. The lowest BCUT2D eigenvalue weighted by Crippen LogP contribution is -2.13. The molecular weight excluding hydrogens is 304 g/mol. The number of aryl methyl sites for hydroxylation is 2. The molecule has 0 aliphatic heterocycles. The number of hydrogen-bond acceptors (Lipinski definition) is 2. The summed E-state index contributed by atoms with van der Waals surface area (Å²) in [5.41, 5.74) is 3.87. The Labute approximate surface area is 121 Å². The molecule has 0 atom stereocenters. The van der Waals surface area contributed by atoms with Crippen LogP contribution in [0.5, 0.6) is 0 Å². The molecule has 0 amide bonds. The van der Waals surface area contributed by atoms with Gasteiger partial charge in [-0.05, 0) is 41.8 Å². The van der Waals surface area contributed by atoms with E-state index in [-0.39, 0.29) is 12.3 Å². The fourth-order valence-corrected chi connectivity index (χ4v) is 2.27. The quantitative estimate of drug-likeness (QED) is 0.805. The van der Waals surface area contributed by atoms with E-state index in [9.17, 15) is 4.79 Å². The fraction of sp³-hybridized carbons (Fsp3) is 0.333. The number of aromatic nitrogens is 2. The molecule has 0 radical (unpaired) electrons. The van der Waals surface area contributed by atoms with Gasteiger partial charge in [-0.15, -0.1) is 0 Å². The third-order valence-electron chi connectivity index (χ3n) is 3.27. The number of hydrogen-bond donors (Lipinski definition) is 0. The van der Waals surface area contributed by atoms with Gasteiger partial charge in [0.1, 0.15) is 6.54 Å². The summed E-state index contributed by atoms with van der Waals surface area (Å²) in [6.07, 6.45) is 0.985. The van der Waals surface area contributed by atoms with Crippen LogP contribution >= 0.6 is 15.9 Å². The van der Waals surface area contributed by atoms with Gasteiger partial charge < -0.3 is 0 Å². The minimum atomic E-state index is 0.0840. The smallest absolute Gasteiger partial charge is 0.184 e. The van der Waals surface area contributed by atoms with E-state index in [2.05, 4.69) is 28.0 Å². The van der Waals surface area contributed by atoms with Gasteiger partial charge in [-0.2, -0.15) is 5.10 Å². The summed E-state index contributed by atoms with van der Waals surface area (Å²) < 4.78 is 2.72. The lowest BCUT2D eigenvalue weighted by molar-refractivity contribution is 0.0966. The molecule has 1 aromatic heterocycles. The van der Waals surface area contributed by atoms with Gasteiger partial charge in [-0.1, -0.05) is 31.2 Å². The van der Waals surface area contributed by atoms with E-state index in [0.717, 1.165) is 27.8 Å². The number of carbonyl (C=O) groups excluding carboxylic acids is 1. The van der Waals surface area contributed by atoms with E-state index in [1.54, 1.807) is 4.68 Å². The molecule has 0 unspecified atom stereocenters. The van der Waals surface area contributed by atoms with Gasteiger partial charge in [0.15, 0.2) is 5.78 Å². The first-order valence-electron chi connectivity index (χ1n) is 6.34. The van der Waals surface area contributed by atoms with Crippen LogP contribution < -0.4 is 0 Å². The van der Waals surface area contributed by atoms with Crippen molar-refractivity contribution in [3.8, 4) is 0 Å². The normalized spacial score (nSPS) is 10.7. The highest BCUT2D eigenvalue weighted by atomic mass is 79.9. The van der Waals surface area contributed by atoms with Crippen molar-refractivity contribution >= 4 is 21.7 Å². The number of nitrogens with zero attached hydrogens (tertiary/aromatic N) is 2. The van der Waals surface area contributed by atoms with Gasteiger partial charge in [-0.3, -0.25) is 9.48 Å². The zero-order valence-electron chi connectivity index (χ0n) is 11.4. The zero-order chi connectivity index (χ0) is 14.0. The van der Waals surface area contributed by atoms with E-state index in [1.165, 1.54) is 5.56 Å². The largest absolute Gasteiger partial charge is 0.292 e. The molecule has 0 saturated heterocycles. The molecule has 1 heterocycles. The van der Waals surface area contributed by atoms with Crippen molar-refractivity contribution in [2.24, 2.45) is 0 Å². The van der Waals surface area contributed by atoms with Crippen LogP contribution in [0, 0.1) is 13.8 Å². The Balaban J connectivity index is 2.18. The Kier molecular flexibility index (Phi) is 4.20. The molecule has 2 aromatic rings. The summed E-state index contributed by atoms with van der Waals surface area (Å²) in [7, 11) is 0. The maximum Gasteiger partial charge on any atom is 0.184 e. The number of ketones is 1. The molecule has 100 valence electrons. The summed E-state index contributed by atoms with van der Waals surface area (Å²) in [4.78, 5) is 12.2. The van der Waals surface area contributed by atoms with Crippen molar-refractivity contribution in [3.63, 3.8) is 0 Å². The second kappa shape index (κ2) is 5.70. The Morgan fingerprint density at radius 2 is 1.89 bits per heavy atom. The van der Waals surface area contributed by atoms with Crippen LogP contribution in [-0.2, 0) is 13.0 Å². The van der Waals surface area contributed by atoms with Crippen molar-refractivity contribution in [1.29, 1.82) is 0 Å². The van der Waals surface area contributed by atoms with E-state index in [4.69, 9.17) is 0 Å². The molecule has 2 rings (SSSR count). The average molecular weight is 321 g/mol. The summed E-state index contributed by atoms with van der Waals surface area (Å²) in [5.74, 6) is 0.0840. The number of benzene rings is 1. The highest BCUT2D eigenvalue weighted by Crippen LogP contribution is 2.20. The lowest BCUT2D eigenvalue weighted by atomic mass is 10.1. The van der Waals surface area contributed by atoms with Gasteiger partial charge in [0.05, 0.1) is 15.9 Å². The average Bonchev–Trinajstić information content (AvgIpc) is 2.66. The predicted molar refractivity (Wildman–Crippen MR) is 79.6 cm³/mol. The first-order valence-corrected chi connectivity index (χ1v) is 7.14. The van der Waals surface area contributed by atoms with Gasteiger partial charge in [0, 0.05) is 5.56 Å². The maximum absolute atomic E-state index is 12.2. The zero-order valence-corrected chi connectivity index (χ0v) is 13.0. The molecule has 0 saturated carbocycles. The third kappa shape index (κ3) is 2.95. The molecule has 3 nitrogen and oxygen atoms in total. The summed E-state index contributed by atoms with van der Waals surface area (Å²) in [6, 6.07) is 7.79. The molecule has 19 heavy (non-hydrogen) atoms. The highest BCUT2D eigenvalue weighted by Gasteiger charge is 2.13. The number of Topliss-reactive ketones (excluding diaryl/α,β-unsaturated/α-hetero) is 1. The van der Waals surface area contributed by atoms with Crippen LogP contribution in [-0.4, -0.2) is 15.6 Å². The number of halogens is 1. The van der Waals surface area contributed by atoms with Crippen LogP contribution in [0.3, 0.4) is 0 Å². The van der Waals surface area contributed by atoms with Crippen LogP contribution in [0.4, 0.5) is 0 Å². The van der Waals surface area contributed by atoms with Crippen LogP contribution in [0.25, 0.3) is 0 Å². The summed E-state index contributed by atoms with van der Waals surface area (Å²) >= 11 is 3.47. The summed E-state index contributed by atoms with van der Waals surface area (Å²) in [6.45, 7) is 6.26. The van der Waals surface area contributed by atoms with Crippen LogP contribution in [0.2, 0.25) is 0 Å². The Bertz CT molecular complexity index is 599. The van der Waals surface area contributed by atoms with Crippen LogP contribution in [0.15, 0.2) is 28.7 Å².